The molecule has 0 bridgehead atoms. The molecule has 2 aliphatic carbocycles. The third-order valence-electron chi connectivity index (χ3n) is 5.37. The lowest BCUT2D eigenvalue weighted by atomic mass is 9.66. The first-order valence-electron chi connectivity index (χ1n) is 8.40. The summed E-state index contributed by atoms with van der Waals surface area (Å²) in [6.45, 7) is 8.08. The summed E-state index contributed by atoms with van der Waals surface area (Å²) in [4.78, 5) is 0. The van der Waals surface area contributed by atoms with Gasteiger partial charge in [-0.3, -0.25) is 0 Å². The number of benzene rings is 1. The highest BCUT2D eigenvalue weighted by atomic mass is 15.0. The van der Waals surface area contributed by atoms with Gasteiger partial charge in [0, 0.05) is 18.0 Å². The van der Waals surface area contributed by atoms with Crippen molar-refractivity contribution in [3.05, 3.63) is 34.9 Å². The van der Waals surface area contributed by atoms with E-state index in [2.05, 4.69) is 44.3 Å². The van der Waals surface area contributed by atoms with E-state index in [1.165, 1.54) is 56.2 Å². The van der Waals surface area contributed by atoms with Crippen LogP contribution in [0.5, 0.6) is 0 Å². The van der Waals surface area contributed by atoms with Crippen LogP contribution in [0.3, 0.4) is 0 Å². The fraction of sp³-hybridized carbons (Fsp3) is 0.684. The molecule has 2 saturated carbocycles. The topological polar surface area (TPSA) is 12.0 Å². The van der Waals surface area contributed by atoms with Crippen molar-refractivity contribution in [2.24, 2.45) is 5.92 Å². The van der Waals surface area contributed by atoms with Crippen LogP contribution in [0, 0.1) is 19.8 Å². The SMILES string of the molecule is Cc1cc(C)cc(C2(CNC3CC3)CCC(C)CC2)c1. The second kappa shape index (κ2) is 5.52. The van der Waals surface area contributed by atoms with Crippen molar-refractivity contribution in [3.63, 3.8) is 0 Å². The van der Waals surface area contributed by atoms with Crippen LogP contribution in [0.4, 0.5) is 0 Å². The van der Waals surface area contributed by atoms with Crippen LogP contribution < -0.4 is 5.32 Å². The van der Waals surface area contributed by atoms with E-state index in [-0.39, 0.29) is 0 Å². The van der Waals surface area contributed by atoms with E-state index in [1.807, 2.05) is 0 Å². The molecule has 0 aromatic heterocycles. The number of hydrogen-bond acceptors (Lipinski definition) is 1. The zero-order valence-electron chi connectivity index (χ0n) is 13.3. The van der Waals surface area contributed by atoms with Gasteiger partial charge in [-0.2, -0.15) is 0 Å². The van der Waals surface area contributed by atoms with E-state index in [4.69, 9.17) is 0 Å². The molecule has 0 heterocycles. The van der Waals surface area contributed by atoms with Crippen molar-refractivity contribution in [1.29, 1.82) is 0 Å². The molecule has 1 nitrogen and oxygen atoms in total. The summed E-state index contributed by atoms with van der Waals surface area (Å²) >= 11 is 0. The summed E-state index contributed by atoms with van der Waals surface area (Å²) in [7, 11) is 0. The van der Waals surface area contributed by atoms with Crippen LogP contribution in [0.1, 0.15) is 62.1 Å². The lowest BCUT2D eigenvalue weighted by Gasteiger charge is -2.41. The highest BCUT2D eigenvalue weighted by Crippen LogP contribution is 2.42. The number of hydrogen-bond donors (Lipinski definition) is 1. The van der Waals surface area contributed by atoms with Gasteiger partial charge in [0.2, 0.25) is 0 Å². The highest BCUT2D eigenvalue weighted by molar-refractivity contribution is 5.35. The fourth-order valence-electron chi connectivity index (χ4n) is 3.79. The summed E-state index contributed by atoms with van der Waals surface area (Å²) in [5.41, 5.74) is 4.83. The van der Waals surface area contributed by atoms with Gasteiger partial charge in [-0.1, -0.05) is 36.2 Å². The Balaban J connectivity index is 1.86. The summed E-state index contributed by atoms with van der Waals surface area (Å²) in [5.74, 6) is 0.912. The molecule has 1 aromatic carbocycles. The van der Waals surface area contributed by atoms with E-state index >= 15 is 0 Å². The van der Waals surface area contributed by atoms with E-state index < -0.39 is 0 Å². The van der Waals surface area contributed by atoms with Gasteiger partial charge in [-0.05, 0) is 63.9 Å². The largest absolute Gasteiger partial charge is 0.313 e. The van der Waals surface area contributed by atoms with Crippen LogP contribution in [-0.2, 0) is 5.41 Å². The second-order valence-corrected chi connectivity index (χ2v) is 7.49. The molecule has 2 fully saturated rings. The molecule has 2 aliphatic rings. The zero-order chi connectivity index (χ0) is 14.2. The standard InChI is InChI=1S/C19H29N/c1-14-6-8-19(9-7-14,13-20-18-4-5-18)17-11-15(2)10-16(3)12-17/h10-12,14,18,20H,4-9,13H2,1-3H3. The molecule has 3 rings (SSSR count). The first-order valence-corrected chi connectivity index (χ1v) is 8.40. The molecule has 0 amide bonds. The molecule has 0 unspecified atom stereocenters. The minimum Gasteiger partial charge on any atom is -0.313 e. The van der Waals surface area contributed by atoms with Gasteiger partial charge in [0.1, 0.15) is 0 Å². The third-order valence-corrected chi connectivity index (χ3v) is 5.37. The van der Waals surface area contributed by atoms with Crippen molar-refractivity contribution in [2.75, 3.05) is 6.54 Å². The third kappa shape index (κ3) is 3.09. The summed E-state index contributed by atoms with van der Waals surface area (Å²) in [6, 6.07) is 8.00. The molecular weight excluding hydrogens is 242 g/mol. The molecule has 1 N–H and O–H groups in total. The van der Waals surface area contributed by atoms with E-state index in [0.29, 0.717) is 5.41 Å². The predicted octanol–water partition coefficient (Wildman–Crippen LogP) is 4.50. The van der Waals surface area contributed by atoms with Crippen LogP contribution in [0.15, 0.2) is 18.2 Å². The normalized spacial score (nSPS) is 30.4. The minimum absolute atomic E-state index is 0.395. The molecule has 0 atom stereocenters. The Hall–Kier alpha value is -0.820. The summed E-state index contributed by atoms with van der Waals surface area (Å²) in [5, 5.41) is 3.82. The van der Waals surface area contributed by atoms with Crippen molar-refractivity contribution in [3.8, 4) is 0 Å². The molecule has 0 aliphatic heterocycles. The van der Waals surface area contributed by atoms with Crippen molar-refractivity contribution in [2.45, 2.75) is 70.8 Å². The van der Waals surface area contributed by atoms with Gasteiger partial charge < -0.3 is 5.32 Å². The van der Waals surface area contributed by atoms with Crippen molar-refractivity contribution in [1.82, 2.24) is 5.32 Å². The average molecular weight is 271 g/mol. The number of rotatable bonds is 4. The van der Waals surface area contributed by atoms with E-state index in [0.717, 1.165) is 12.0 Å². The molecule has 0 saturated heterocycles. The maximum absolute atomic E-state index is 3.82. The molecule has 0 spiro atoms. The van der Waals surface area contributed by atoms with Gasteiger partial charge in [-0.25, -0.2) is 0 Å². The quantitative estimate of drug-likeness (QED) is 0.850. The smallest absolute Gasteiger partial charge is 0.00782 e. The molecular formula is C19H29N. The molecule has 110 valence electrons. The van der Waals surface area contributed by atoms with E-state index in [9.17, 15) is 0 Å². The molecule has 1 aromatic rings. The Bertz CT molecular complexity index is 444. The number of nitrogens with one attached hydrogen (secondary N) is 1. The Morgan fingerprint density at radius 3 is 2.15 bits per heavy atom. The van der Waals surface area contributed by atoms with Gasteiger partial charge in [0.05, 0.1) is 0 Å². The van der Waals surface area contributed by atoms with Gasteiger partial charge >= 0.3 is 0 Å². The maximum atomic E-state index is 3.82. The molecule has 1 heteroatoms. The first kappa shape index (κ1) is 14.1. The van der Waals surface area contributed by atoms with Crippen LogP contribution in [0.2, 0.25) is 0 Å². The van der Waals surface area contributed by atoms with Gasteiger partial charge in [-0.15, -0.1) is 0 Å². The van der Waals surface area contributed by atoms with Gasteiger partial charge in [0.15, 0.2) is 0 Å². The monoisotopic (exact) mass is 271 g/mol. The van der Waals surface area contributed by atoms with Gasteiger partial charge in [0.25, 0.3) is 0 Å². The second-order valence-electron chi connectivity index (χ2n) is 7.49. The maximum Gasteiger partial charge on any atom is 0.00782 e. The van der Waals surface area contributed by atoms with E-state index in [1.54, 1.807) is 5.56 Å². The zero-order valence-corrected chi connectivity index (χ0v) is 13.3. The van der Waals surface area contributed by atoms with Crippen LogP contribution >= 0.6 is 0 Å². The Morgan fingerprint density at radius 2 is 1.60 bits per heavy atom. The Morgan fingerprint density at radius 1 is 1.00 bits per heavy atom. The predicted molar refractivity (Wildman–Crippen MR) is 86.3 cm³/mol. The van der Waals surface area contributed by atoms with Crippen molar-refractivity contribution < 1.29 is 0 Å². The fourth-order valence-corrected chi connectivity index (χ4v) is 3.79. The average Bonchev–Trinajstić information content (AvgIpc) is 3.21. The lowest BCUT2D eigenvalue weighted by molar-refractivity contribution is 0.233. The first-order chi connectivity index (χ1) is 9.57. The lowest BCUT2D eigenvalue weighted by Crippen LogP contribution is -2.42. The summed E-state index contributed by atoms with van der Waals surface area (Å²) in [6.07, 6.45) is 8.27. The molecule has 20 heavy (non-hydrogen) atoms. The Kier molecular flexibility index (Phi) is 3.90. The van der Waals surface area contributed by atoms with Crippen LogP contribution in [-0.4, -0.2) is 12.6 Å². The summed E-state index contributed by atoms with van der Waals surface area (Å²) < 4.78 is 0. The highest BCUT2D eigenvalue weighted by Gasteiger charge is 2.37. The van der Waals surface area contributed by atoms with Crippen molar-refractivity contribution >= 4 is 0 Å². The Labute approximate surface area is 124 Å². The minimum atomic E-state index is 0.395. The molecule has 0 radical (unpaired) electrons. The van der Waals surface area contributed by atoms with Crippen LogP contribution in [0.25, 0.3) is 0 Å². The number of aryl methyl sites for hydroxylation is 2.